The molecule has 0 saturated heterocycles. The Bertz CT molecular complexity index is 840. The van der Waals surface area contributed by atoms with E-state index < -0.39 is 0 Å². The zero-order chi connectivity index (χ0) is 16.9. The Kier molecular flexibility index (Phi) is 4.87. The van der Waals surface area contributed by atoms with Crippen molar-refractivity contribution < 1.29 is 13.9 Å². The predicted molar refractivity (Wildman–Crippen MR) is 94.7 cm³/mol. The molecule has 4 nitrogen and oxygen atoms in total. The summed E-state index contributed by atoms with van der Waals surface area (Å²) in [7, 11) is 0. The summed E-state index contributed by atoms with van der Waals surface area (Å²) in [5, 5.41) is 3.46. The van der Waals surface area contributed by atoms with E-state index in [4.69, 9.17) is 20.8 Å². The Morgan fingerprint density at radius 3 is 2.58 bits per heavy atom. The van der Waals surface area contributed by atoms with Crippen molar-refractivity contribution in [3.05, 3.63) is 71.4 Å². The van der Waals surface area contributed by atoms with Gasteiger partial charge in [-0.1, -0.05) is 23.7 Å². The van der Waals surface area contributed by atoms with E-state index in [-0.39, 0.29) is 11.7 Å². The lowest BCUT2D eigenvalue weighted by Gasteiger charge is -2.10. The quantitative estimate of drug-likeness (QED) is 0.689. The van der Waals surface area contributed by atoms with Gasteiger partial charge in [0.2, 0.25) is 0 Å². The molecule has 24 heavy (non-hydrogen) atoms. The standard InChI is InChI=1S/C19H16ClNO3/c1-2-23-17-6-4-3-5-15(17)21-19(22)18-12-11-16(24-18)13-7-9-14(20)10-8-13/h3-12H,2H2,1H3,(H,21,22). The number of halogens is 1. The number of hydrogen-bond donors (Lipinski definition) is 1. The van der Waals surface area contributed by atoms with Crippen molar-refractivity contribution in [1.29, 1.82) is 0 Å². The Morgan fingerprint density at radius 2 is 1.83 bits per heavy atom. The molecule has 0 aliphatic heterocycles. The van der Waals surface area contributed by atoms with E-state index in [1.165, 1.54) is 0 Å². The summed E-state index contributed by atoms with van der Waals surface area (Å²) < 4.78 is 11.1. The molecule has 0 bridgehead atoms. The van der Waals surface area contributed by atoms with Crippen LogP contribution in [0, 0.1) is 0 Å². The van der Waals surface area contributed by atoms with Crippen molar-refractivity contribution in [2.45, 2.75) is 6.92 Å². The van der Waals surface area contributed by atoms with Gasteiger partial charge >= 0.3 is 0 Å². The van der Waals surface area contributed by atoms with Gasteiger partial charge in [-0.3, -0.25) is 4.79 Å². The summed E-state index contributed by atoms with van der Waals surface area (Å²) in [5.74, 6) is 1.13. The van der Waals surface area contributed by atoms with Crippen LogP contribution in [0.3, 0.4) is 0 Å². The van der Waals surface area contributed by atoms with Crippen LogP contribution in [0.5, 0.6) is 5.75 Å². The minimum absolute atomic E-state index is 0.228. The van der Waals surface area contributed by atoms with Crippen molar-refractivity contribution in [3.63, 3.8) is 0 Å². The predicted octanol–water partition coefficient (Wildman–Crippen LogP) is 5.25. The number of rotatable bonds is 5. The molecule has 0 aliphatic carbocycles. The summed E-state index contributed by atoms with van der Waals surface area (Å²) in [6, 6.07) is 17.9. The number of furan rings is 1. The van der Waals surface area contributed by atoms with Gasteiger partial charge in [0.25, 0.3) is 5.91 Å². The maximum Gasteiger partial charge on any atom is 0.291 e. The molecule has 1 aromatic heterocycles. The number of ether oxygens (including phenoxy) is 1. The van der Waals surface area contributed by atoms with Crippen LogP contribution in [-0.4, -0.2) is 12.5 Å². The van der Waals surface area contributed by atoms with Crippen LogP contribution in [-0.2, 0) is 0 Å². The molecule has 3 aromatic rings. The van der Waals surface area contributed by atoms with Crippen LogP contribution in [0.4, 0.5) is 5.69 Å². The minimum Gasteiger partial charge on any atom is -0.492 e. The average Bonchev–Trinajstić information content (AvgIpc) is 3.08. The molecular weight excluding hydrogens is 326 g/mol. The van der Waals surface area contributed by atoms with E-state index in [0.29, 0.717) is 28.8 Å². The second-order valence-corrected chi connectivity index (χ2v) is 5.49. The van der Waals surface area contributed by atoms with Crippen LogP contribution >= 0.6 is 11.6 Å². The summed E-state index contributed by atoms with van der Waals surface area (Å²) in [6.07, 6.45) is 0. The number of nitrogens with one attached hydrogen (secondary N) is 1. The van der Waals surface area contributed by atoms with Gasteiger partial charge in [0.1, 0.15) is 11.5 Å². The third-order valence-corrected chi connectivity index (χ3v) is 3.65. The largest absolute Gasteiger partial charge is 0.492 e. The zero-order valence-electron chi connectivity index (χ0n) is 13.1. The highest BCUT2D eigenvalue weighted by atomic mass is 35.5. The van der Waals surface area contributed by atoms with Crippen molar-refractivity contribution in [2.75, 3.05) is 11.9 Å². The zero-order valence-corrected chi connectivity index (χ0v) is 13.8. The summed E-state index contributed by atoms with van der Waals surface area (Å²) in [4.78, 5) is 12.4. The molecule has 0 unspecified atom stereocenters. The highest BCUT2D eigenvalue weighted by Crippen LogP contribution is 2.27. The van der Waals surface area contributed by atoms with Gasteiger partial charge in [0.05, 0.1) is 12.3 Å². The number of amides is 1. The normalized spacial score (nSPS) is 10.4. The lowest BCUT2D eigenvalue weighted by Crippen LogP contribution is -2.12. The fraction of sp³-hybridized carbons (Fsp3) is 0.105. The van der Waals surface area contributed by atoms with Crippen LogP contribution in [0.15, 0.2) is 65.1 Å². The molecule has 3 rings (SSSR count). The smallest absolute Gasteiger partial charge is 0.291 e. The maximum atomic E-state index is 12.4. The first-order valence-corrected chi connectivity index (χ1v) is 7.94. The van der Waals surface area contributed by atoms with Crippen molar-refractivity contribution in [1.82, 2.24) is 0 Å². The third-order valence-electron chi connectivity index (χ3n) is 3.39. The van der Waals surface area contributed by atoms with Gasteiger partial charge in [-0.25, -0.2) is 0 Å². The maximum absolute atomic E-state index is 12.4. The molecule has 2 aromatic carbocycles. The van der Waals surface area contributed by atoms with Gasteiger partial charge in [0.15, 0.2) is 5.76 Å². The number of benzene rings is 2. The van der Waals surface area contributed by atoms with Gasteiger partial charge in [-0.05, 0) is 55.5 Å². The Balaban J connectivity index is 1.78. The van der Waals surface area contributed by atoms with Gasteiger partial charge < -0.3 is 14.5 Å². The Hall–Kier alpha value is -2.72. The highest BCUT2D eigenvalue weighted by molar-refractivity contribution is 6.30. The topological polar surface area (TPSA) is 51.5 Å². The SMILES string of the molecule is CCOc1ccccc1NC(=O)c1ccc(-c2ccc(Cl)cc2)o1. The molecular formula is C19H16ClNO3. The molecule has 122 valence electrons. The number of carbonyl (C=O) groups is 1. The van der Waals surface area contributed by atoms with Crippen molar-refractivity contribution in [2.24, 2.45) is 0 Å². The molecule has 5 heteroatoms. The molecule has 0 atom stereocenters. The first kappa shape index (κ1) is 16.1. The average molecular weight is 342 g/mol. The molecule has 0 spiro atoms. The Labute approximate surface area is 145 Å². The van der Waals surface area contributed by atoms with Crippen LogP contribution < -0.4 is 10.1 Å². The van der Waals surface area contributed by atoms with Crippen LogP contribution in [0.25, 0.3) is 11.3 Å². The number of anilines is 1. The van der Waals surface area contributed by atoms with Gasteiger partial charge in [0, 0.05) is 10.6 Å². The van der Waals surface area contributed by atoms with Crippen molar-refractivity contribution in [3.8, 4) is 17.1 Å². The summed E-state index contributed by atoms with van der Waals surface area (Å²) in [6.45, 7) is 2.41. The molecule has 0 aliphatic rings. The van der Waals surface area contributed by atoms with Crippen LogP contribution in [0.2, 0.25) is 5.02 Å². The van der Waals surface area contributed by atoms with E-state index in [1.807, 2.05) is 31.2 Å². The lowest BCUT2D eigenvalue weighted by atomic mass is 10.2. The van der Waals surface area contributed by atoms with E-state index in [1.54, 1.807) is 36.4 Å². The fourth-order valence-corrected chi connectivity index (χ4v) is 2.39. The fourth-order valence-electron chi connectivity index (χ4n) is 2.26. The Morgan fingerprint density at radius 1 is 1.08 bits per heavy atom. The molecule has 0 radical (unpaired) electrons. The van der Waals surface area contributed by atoms with E-state index in [2.05, 4.69) is 5.32 Å². The molecule has 0 saturated carbocycles. The van der Waals surface area contributed by atoms with E-state index in [9.17, 15) is 4.79 Å². The number of carbonyl (C=O) groups excluding carboxylic acids is 1. The molecule has 1 N–H and O–H groups in total. The first-order valence-electron chi connectivity index (χ1n) is 7.56. The van der Waals surface area contributed by atoms with Gasteiger partial charge in [-0.2, -0.15) is 0 Å². The third kappa shape index (κ3) is 3.60. The van der Waals surface area contributed by atoms with E-state index in [0.717, 1.165) is 5.56 Å². The second kappa shape index (κ2) is 7.23. The summed E-state index contributed by atoms with van der Waals surface area (Å²) in [5.41, 5.74) is 1.46. The first-order chi connectivity index (χ1) is 11.7. The number of hydrogen-bond acceptors (Lipinski definition) is 3. The minimum atomic E-state index is -0.331. The summed E-state index contributed by atoms with van der Waals surface area (Å²) >= 11 is 5.88. The van der Waals surface area contributed by atoms with Crippen LogP contribution in [0.1, 0.15) is 17.5 Å². The van der Waals surface area contributed by atoms with E-state index >= 15 is 0 Å². The highest BCUT2D eigenvalue weighted by Gasteiger charge is 2.14. The van der Waals surface area contributed by atoms with Gasteiger partial charge in [-0.15, -0.1) is 0 Å². The second-order valence-electron chi connectivity index (χ2n) is 5.05. The van der Waals surface area contributed by atoms with Crippen molar-refractivity contribution >= 4 is 23.2 Å². The molecule has 1 amide bonds. The molecule has 1 heterocycles. The molecule has 0 fully saturated rings. The monoisotopic (exact) mass is 341 g/mol. The lowest BCUT2D eigenvalue weighted by molar-refractivity contribution is 0.0997. The number of para-hydroxylation sites is 2.